The summed E-state index contributed by atoms with van der Waals surface area (Å²) in [6.07, 6.45) is 0. The van der Waals surface area contributed by atoms with Gasteiger partial charge in [-0.1, -0.05) is 24.3 Å². The number of hydrogen-bond donors (Lipinski definition) is 2. The molecule has 0 saturated heterocycles. The summed E-state index contributed by atoms with van der Waals surface area (Å²) >= 11 is 0. The van der Waals surface area contributed by atoms with Crippen LogP contribution in [0.25, 0.3) is 0 Å². The van der Waals surface area contributed by atoms with E-state index in [1.807, 2.05) is 20.8 Å². The molecule has 1 atom stereocenters. The van der Waals surface area contributed by atoms with E-state index in [9.17, 15) is 14.0 Å². The standard InChI is InChI=1S/C21H26FN3O2/c1-14(17-11-6-7-12-18(17)22)25(5)20(27)23-16-10-8-9-15(13-16)19(26)24-21(2,3)4/h6-14H,1-5H3,(H,23,27)(H,24,26). The quantitative estimate of drug-likeness (QED) is 0.826. The fraction of sp³-hybridized carbons (Fsp3) is 0.333. The maximum atomic E-state index is 14.0. The van der Waals surface area contributed by atoms with E-state index in [0.717, 1.165) is 0 Å². The van der Waals surface area contributed by atoms with Crippen molar-refractivity contribution in [3.63, 3.8) is 0 Å². The first-order valence-corrected chi connectivity index (χ1v) is 8.79. The third-order valence-corrected chi connectivity index (χ3v) is 4.12. The molecule has 2 aromatic rings. The van der Waals surface area contributed by atoms with Gasteiger partial charge in [-0.15, -0.1) is 0 Å². The van der Waals surface area contributed by atoms with Gasteiger partial charge in [0.15, 0.2) is 0 Å². The second-order valence-corrected chi connectivity index (χ2v) is 7.52. The zero-order valence-corrected chi connectivity index (χ0v) is 16.3. The highest BCUT2D eigenvalue weighted by molar-refractivity contribution is 5.97. The van der Waals surface area contributed by atoms with Crippen LogP contribution in [0.2, 0.25) is 0 Å². The number of anilines is 1. The van der Waals surface area contributed by atoms with E-state index in [1.54, 1.807) is 56.4 Å². The number of rotatable bonds is 4. The van der Waals surface area contributed by atoms with E-state index in [-0.39, 0.29) is 23.3 Å². The minimum atomic E-state index is -0.446. The molecule has 0 fully saturated rings. The van der Waals surface area contributed by atoms with Gasteiger partial charge in [-0.25, -0.2) is 9.18 Å². The molecule has 144 valence electrons. The minimum absolute atomic E-state index is 0.216. The summed E-state index contributed by atoms with van der Waals surface area (Å²) in [7, 11) is 1.60. The van der Waals surface area contributed by atoms with Crippen molar-refractivity contribution in [1.82, 2.24) is 10.2 Å². The van der Waals surface area contributed by atoms with Crippen molar-refractivity contribution in [2.45, 2.75) is 39.3 Å². The molecule has 0 aliphatic heterocycles. The molecule has 0 aromatic heterocycles. The van der Waals surface area contributed by atoms with Gasteiger partial charge in [-0.05, 0) is 52.0 Å². The molecule has 5 nitrogen and oxygen atoms in total. The van der Waals surface area contributed by atoms with Crippen LogP contribution in [0, 0.1) is 5.82 Å². The van der Waals surface area contributed by atoms with Crippen LogP contribution < -0.4 is 10.6 Å². The number of nitrogens with zero attached hydrogens (tertiary/aromatic N) is 1. The van der Waals surface area contributed by atoms with Crippen LogP contribution in [-0.2, 0) is 0 Å². The Morgan fingerprint density at radius 3 is 2.37 bits per heavy atom. The molecule has 0 heterocycles. The molecule has 6 heteroatoms. The van der Waals surface area contributed by atoms with E-state index >= 15 is 0 Å². The Kier molecular flexibility index (Phi) is 6.20. The van der Waals surface area contributed by atoms with E-state index in [1.165, 1.54) is 11.0 Å². The fourth-order valence-electron chi connectivity index (χ4n) is 2.56. The van der Waals surface area contributed by atoms with Gasteiger partial charge in [0.05, 0.1) is 6.04 Å². The number of urea groups is 1. The lowest BCUT2D eigenvalue weighted by atomic mass is 10.1. The first-order chi connectivity index (χ1) is 12.6. The van der Waals surface area contributed by atoms with Crippen LogP contribution in [0.1, 0.15) is 49.7 Å². The van der Waals surface area contributed by atoms with Crippen LogP contribution >= 0.6 is 0 Å². The smallest absolute Gasteiger partial charge is 0.322 e. The number of halogens is 1. The molecule has 0 aliphatic carbocycles. The third kappa shape index (κ3) is 5.54. The largest absolute Gasteiger partial charge is 0.347 e. The Morgan fingerprint density at radius 1 is 1.07 bits per heavy atom. The molecule has 0 spiro atoms. The molecule has 0 radical (unpaired) electrons. The number of carbonyl (C=O) groups excluding carboxylic acids is 2. The van der Waals surface area contributed by atoms with Gasteiger partial charge in [0.2, 0.25) is 0 Å². The van der Waals surface area contributed by atoms with Crippen molar-refractivity contribution in [2.75, 3.05) is 12.4 Å². The molecule has 2 aromatic carbocycles. The SMILES string of the molecule is CC(c1ccccc1F)N(C)C(=O)Nc1cccc(C(=O)NC(C)(C)C)c1. The zero-order chi connectivity index (χ0) is 20.2. The summed E-state index contributed by atoms with van der Waals surface area (Å²) in [4.78, 5) is 26.2. The Morgan fingerprint density at radius 2 is 1.74 bits per heavy atom. The Balaban J connectivity index is 2.10. The predicted octanol–water partition coefficient (Wildman–Crippen LogP) is 4.58. The van der Waals surface area contributed by atoms with Gasteiger partial charge in [0.25, 0.3) is 5.91 Å². The lowest BCUT2D eigenvalue weighted by molar-refractivity contribution is 0.0919. The lowest BCUT2D eigenvalue weighted by Gasteiger charge is -2.26. The van der Waals surface area contributed by atoms with Crippen LogP contribution in [-0.4, -0.2) is 29.4 Å². The average Bonchev–Trinajstić information content (AvgIpc) is 2.59. The molecule has 27 heavy (non-hydrogen) atoms. The fourth-order valence-corrected chi connectivity index (χ4v) is 2.56. The summed E-state index contributed by atoms with van der Waals surface area (Å²) in [5.74, 6) is -0.572. The van der Waals surface area contributed by atoms with E-state index in [2.05, 4.69) is 10.6 Å². The average molecular weight is 371 g/mol. The van der Waals surface area contributed by atoms with E-state index in [0.29, 0.717) is 16.8 Å². The molecule has 0 bridgehead atoms. The summed E-state index contributed by atoms with van der Waals surface area (Å²) in [6.45, 7) is 7.45. The predicted molar refractivity (Wildman–Crippen MR) is 105 cm³/mol. The lowest BCUT2D eigenvalue weighted by Crippen LogP contribution is -2.40. The molecule has 3 amide bonds. The van der Waals surface area contributed by atoms with Gasteiger partial charge < -0.3 is 15.5 Å². The Labute approximate surface area is 159 Å². The first-order valence-electron chi connectivity index (χ1n) is 8.79. The number of hydrogen-bond acceptors (Lipinski definition) is 2. The molecule has 1 unspecified atom stereocenters. The van der Waals surface area contributed by atoms with Crippen molar-refractivity contribution in [3.8, 4) is 0 Å². The minimum Gasteiger partial charge on any atom is -0.347 e. The van der Waals surface area contributed by atoms with E-state index < -0.39 is 6.04 Å². The third-order valence-electron chi connectivity index (χ3n) is 4.12. The molecule has 0 saturated carbocycles. The van der Waals surface area contributed by atoms with Gasteiger partial charge in [0, 0.05) is 29.4 Å². The van der Waals surface area contributed by atoms with Crippen LogP contribution in [0.5, 0.6) is 0 Å². The number of benzene rings is 2. The van der Waals surface area contributed by atoms with Crippen molar-refractivity contribution in [3.05, 3.63) is 65.5 Å². The number of nitrogens with one attached hydrogen (secondary N) is 2. The van der Waals surface area contributed by atoms with E-state index in [4.69, 9.17) is 0 Å². The summed E-state index contributed by atoms with van der Waals surface area (Å²) < 4.78 is 14.0. The monoisotopic (exact) mass is 371 g/mol. The highest BCUT2D eigenvalue weighted by atomic mass is 19.1. The second kappa shape index (κ2) is 8.20. The van der Waals surface area contributed by atoms with Crippen molar-refractivity contribution >= 4 is 17.6 Å². The number of amides is 3. The second-order valence-electron chi connectivity index (χ2n) is 7.52. The highest BCUT2D eigenvalue weighted by Gasteiger charge is 2.20. The van der Waals surface area contributed by atoms with Gasteiger partial charge in [0.1, 0.15) is 5.82 Å². The van der Waals surface area contributed by atoms with Crippen LogP contribution in [0.15, 0.2) is 48.5 Å². The molecular formula is C21H26FN3O2. The zero-order valence-electron chi connectivity index (χ0n) is 16.3. The van der Waals surface area contributed by atoms with Crippen molar-refractivity contribution < 1.29 is 14.0 Å². The molecule has 2 rings (SSSR count). The molecular weight excluding hydrogens is 345 g/mol. The van der Waals surface area contributed by atoms with Crippen LogP contribution in [0.4, 0.5) is 14.9 Å². The van der Waals surface area contributed by atoms with Gasteiger partial charge in [-0.2, -0.15) is 0 Å². The summed E-state index contributed by atoms with van der Waals surface area (Å²) in [6, 6.07) is 12.2. The molecule has 0 aliphatic rings. The topological polar surface area (TPSA) is 61.4 Å². The van der Waals surface area contributed by atoms with Crippen molar-refractivity contribution in [1.29, 1.82) is 0 Å². The Bertz CT molecular complexity index is 830. The summed E-state index contributed by atoms with van der Waals surface area (Å²) in [5.41, 5.74) is 1.03. The maximum Gasteiger partial charge on any atom is 0.322 e. The van der Waals surface area contributed by atoms with Crippen molar-refractivity contribution in [2.24, 2.45) is 0 Å². The van der Waals surface area contributed by atoms with Crippen LogP contribution in [0.3, 0.4) is 0 Å². The first kappa shape index (κ1) is 20.4. The normalized spacial score (nSPS) is 12.2. The summed E-state index contributed by atoms with van der Waals surface area (Å²) in [5, 5.41) is 5.64. The maximum absolute atomic E-state index is 14.0. The van der Waals surface area contributed by atoms with Gasteiger partial charge in [-0.3, -0.25) is 4.79 Å². The number of carbonyl (C=O) groups is 2. The molecule has 2 N–H and O–H groups in total. The Hall–Kier alpha value is -2.89. The van der Waals surface area contributed by atoms with Gasteiger partial charge >= 0.3 is 6.03 Å². The highest BCUT2D eigenvalue weighted by Crippen LogP contribution is 2.22.